The topological polar surface area (TPSA) is 23.8 Å². The fourth-order valence-corrected chi connectivity index (χ4v) is 5.54. The maximum absolute atomic E-state index is 10.0. The average molecular weight is 331 g/mol. The lowest BCUT2D eigenvalue weighted by Crippen LogP contribution is -2.42. The molecule has 1 fully saturated rings. The summed E-state index contributed by atoms with van der Waals surface area (Å²) < 4.78 is 0. The predicted octanol–water partition coefficient (Wildman–Crippen LogP) is 6.11. The van der Waals surface area contributed by atoms with E-state index < -0.39 is 0 Å². The molecule has 0 N–H and O–H groups in total. The van der Waals surface area contributed by atoms with Crippen molar-refractivity contribution in [1.29, 1.82) is 5.26 Å². The molecule has 0 radical (unpaired) electrons. The van der Waals surface area contributed by atoms with Crippen LogP contribution in [-0.2, 0) is 0 Å². The number of nitriles is 1. The zero-order valence-corrected chi connectivity index (χ0v) is 14.3. The quantitative estimate of drug-likeness (QED) is 0.386. The fourth-order valence-electron chi connectivity index (χ4n) is 5.54. The summed E-state index contributed by atoms with van der Waals surface area (Å²) in [5.41, 5.74) is 4.09. The van der Waals surface area contributed by atoms with Crippen molar-refractivity contribution in [3.8, 4) is 6.07 Å². The van der Waals surface area contributed by atoms with Crippen molar-refractivity contribution in [3.63, 3.8) is 0 Å². The first kappa shape index (κ1) is 14.1. The van der Waals surface area contributed by atoms with Gasteiger partial charge in [0.05, 0.1) is 12.0 Å². The van der Waals surface area contributed by atoms with Crippen LogP contribution in [-0.4, -0.2) is 0 Å². The normalized spacial score (nSPS) is 25.7. The Labute approximate surface area is 152 Å². The average Bonchev–Trinajstić information content (AvgIpc) is 2.68. The van der Waals surface area contributed by atoms with Crippen LogP contribution in [0.2, 0.25) is 0 Å². The summed E-state index contributed by atoms with van der Waals surface area (Å²) in [6.07, 6.45) is 0. The van der Waals surface area contributed by atoms with E-state index in [1.54, 1.807) is 0 Å². The highest BCUT2D eigenvalue weighted by Gasteiger charge is 2.54. The molecule has 1 nitrogen and oxygen atoms in total. The minimum absolute atomic E-state index is 0.0385. The lowest BCUT2D eigenvalue weighted by molar-refractivity contribution is 0.210. The van der Waals surface area contributed by atoms with Crippen LogP contribution in [0.4, 0.5) is 0 Å². The number of rotatable bonds is 1. The van der Waals surface area contributed by atoms with Crippen LogP contribution in [0, 0.1) is 17.2 Å². The molecule has 4 aromatic rings. The van der Waals surface area contributed by atoms with Gasteiger partial charge < -0.3 is 0 Å². The molecule has 0 unspecified atom stereocenters. The Morgan fingerprint density at radius 2 is 1.19 bits per heavy atom. The molecular formula is C25H17N. The summed E-state index contributed by atoms with van der Waals surface area (Å²) in [5, 5.41) is 15.4. The fraction of sp³-hybridized carbons (Fsp3) is 0.160. The van der Waals surface area contributed by atoms with Gasteiger partial charge in [-0.25, -0.2) is 0 Å². The van der Waals surface area contributed by atoms with E-state index >= 15 is 0 Å². The maximum atomic E-state index is 10.0. The van der Waals surface area contributed by atoms with Crippen molar-refractivity contribution in [1.82, 2.24) is 0 Å². The summed E-state index contributed by atoms with van der Waals surface area (Å²) in [6, 6.07) is 31.0. The van der Waals surface area contributed by atoms with Gasteiger partial charge >= 0.3 is 0 Å². The van der Waals surface area contributed by atoms with Gasteiger partial charge in [-0.15, -0.1) is 0 Å². The Bertz CT molecular complexity index is 1220. The minimum atomic E-state index is 0.0385. The monoisotopic (exact) mass is 331 g/mol. The van der Waals surface area contributed by atoms with Crippen molar-refractivity contribution in [2.24, 2.45) is 5.92 Å². The SMILES string of the molecule is N#C[C@H]1[C@@H](c2ccccc2)[C@@H]2c3cccc4ccc5cccc(c5c34)[C@H]12. The van der Waals surface area contributed by atoms with Crippen LogP contribution in [0.5, 0.6) is 0 Å². The molecule has 6 rings (SSSR count). The third-order valence-electron chi connectivity index (χ3n) is 6.55. The van der Waals surface area contributed by atoms with Crippen LogP contribution in [0.3, 0.4) is 0 Å². The molecular weight excluding hydrogens is 314 g/mol. The van der Waals surface area contributed by atoms with Gasteiger partial charge in [0.15, 0.2) is 0 Å². The lowest BCUT2D eigenvalue weighted by atomic mass is 9.49. The highest BCUT2D eigenvalue weighted by molar-refractivity contribution is 6.12. The third-order valence-corrected chi connectivity index (χ3v) is 6.55. The van der Waals surface area contributed by atoms with Gasteiger partial charge in [-0.2, -0.15) is 5.26 Å². The summed E-state index contributed by atoms with van der Waals surface area (Å²) in [5.74, 6) is 1.01. The molecule has 4 atom stereocenters. The van der Waals surface area contributed by atoms with Gasteiger partial charge in [0.2, 0.25) is 0 Å². The van der Waals surface area contributed by atoms with E-state index in [-0.39, 0.29) is 11.8 Å². The van der Waals surface area contributed by atoms with E-state index in [9.17, 15) is 5.26 Å². The largest absolute Gasteiger partial charge is 0.198 e. The molecule has 0 bridgehead atoms. The van der Waals surface area contributed by atoms with Gasteiger partial charge in [-0.3, -0.25) is 0 Å². The van der Waals surface area contributed by atoms with Crippen LogP contribution in [0.1, 0.15) is 34.4 Å². The lowest BCUT2D eigenvalue weighted by Gasteiger charge is -2.52. The number of benzene rings is 4. The predicted molar refractivity (Wildman–Crippen MR) is 105 cm³/mol. The molecule has 122 valence electrons. The Balaban J connectivity index is 1.70. The second-order valence-electron chi connectivity index (χ2n) is 7.60. The van der Waals surface area contributed by atoms with E-state index in [1.807, 2.05) is 0 Å². The number of hydrogen-bond donors (Lipinski definition) is 0. The molecule has 4 aromatic carbocycles. The van der Waals surface area contributed by atoms with E-state index in [0.717, 1.165) is 0 Å². The van der Waals surface area contributed by atoms with Gasteiger partial charge in [0.1, 0.15) is 0 Å². The summed E-state index contributed by atoms with van der Waals surface area (Å²) >= 11 is 0. The minimum Gasteiger partial charge on any atom is -0.198 e. The van der Waals surface area contributed by atoms with E-state index in [1.165, 1.54) is 38.2 Å². The van der Waals surface area contributed by atoms with Crippen LogP contribution in [0.15, 0.2) is 78.9 Å². The first-order valence-corrected chi connectivity index (χ1v) is 9.27. The van der Waals surface area contributed by atoms with E-state index in [0.29, 0.717) is 11.8 Å². The van der Waals surface area contributed by atoms with Crippen LogP contribution >= 0.6 is 0 Å². The number of nitrogens with zero attached hydrogens (tertiary/aromatic N) is 1. The Hall–Kier alpha value is -3.11. The van der Waals surface area contributed by atoms with Crippen molar-refractivity contribution < 1.29 is 0 Å². The molecule has 2 aliphatic rings. The van der Waals surface area contributed by atoms with E-state index in [2.05, 4.69) is 84.9 Å². The Kier molecular flexibility index (Phi) is 2.69. The second-order valence-corrected chi connectivity index (χ2v) is 7.60. The van der Waals surface area contributed by atoms with Crippen molar-refractivity contribution >= 4 is 21.5 Å². The molecule has 26 heavy (non-hydrogen) atoms. The molecule has 0 aromatic heterocycles. The summed E-state index contributed by atoms with van der Waals surface area (Å²) in [7, 11) is 0. The van der Waals surface area contributed by atoms with Crippen molar-refractivity contribution in [2.45, 2.75) is 17.8 Å². The third kappa shape index (κ3) is 1.60. The standard InChI is InChI=1S/C25H17N/c26-14-20-23(15-6-2-1-3-7-15)25-19-11-5-9-17-13-12-16-8-4-10-18(24(20)25)21(16)22(17)19/h1-13,20,23-25H/t20-,23+,24+,25-/m0/s1. The molecule has 0 amide bonds. The van der Waals surface area contributed by atoms with Crippen molar-refractivity contribution in [3.05, 3.63) is 95.6 Å². The zero-order chi connectivity index (χ0) is 17.3. The molecule has 0 saturated heterocycles. The molecule has 1 saturated carbocycles. The molecule has 0 heterocycles. The smallest absolute Gasteiger partial charge is 0.0669 e. The van der Waals surface area contributed by atoms with Gasteiger partial charge in [0.25, 0.3) is 0 Å². The van der Waals surface area contributed by atoms with Gasteiger partial charge in [-0.05, 0) is 38.2 Å². The summed E-state index contributed by atoms with van der Waals surface area (Å²) in [4.78, 5) is 0. The number of fused-ring (bicyclic) bond motifs is 3. The van der Waals surface area contributed by atoms with Crippen LogP contribution in [0.25, 0.3) is 21.5 Å². The first-order valence-electron chi connectivity index (χ1n) is 9.27. The Morgan fingerprint density at radius 3 is 1.81 bits per heavy atom. The maximum Gasteiger partial charge on any atom is 0.0669 e. The van der Waals surface area contributed by atoms with E-state index in [4.69, 9.17) is 0 Å². The molecule has 0 aliphatic heterocycles. The van der Waals surface area contributed by atoms with Gasteiger partial charge in [-0.1, -0.05) is 78.9 Å². The van der Waals surface area contributed by atoms with Crippen molar-refractivity contribution in [2.75, 3.05) is 0 Å². The molecule has 2 aliphatic carbocycles. The first-order chi connectivity index (χ1) is 12.9. The second kappa shape index (κ2) is 4.96. The highest BCUT2D eigenvalue weighted by Crippen LogP contribution is 2.66. The molecule has 1 heteroatoms. The molecule has 0 spiro atoms. The summed E-state index contributed by atoms with van der Waals surface area (Å²) in [6.45, 7) is 0. The van der Waals surface area contributed by atoms with Gasteiger partial charge in [0, 0.05) is 17.8 Å². The zero-order valence-electron chi connectivity index (χ0n) is 14.3. The highest BCUT2D eigenvalue weighted by atomic mass is 14.6. The van der Waals surface area contributed by atoms with Crippen LogP contribution < -0.4 is 0 Å². The number of hydrogen-bond acceptors (Lipinski definition) is 1. The Morgan fingerprint density at radius 1 is 0.577 bits per heavy atom.